The Morgan fingerprint density at radius 3 is 2.89 bits per heavy atom. The number of thioether (sulfide) groups is 1. The van der Waals surface area contributed by atoms with Gasteiger partial charge in [0.25, 0.3) is 0 Å². The normalized spacial score (nSPS) is 16.6. The fourth-order valence-corrected chi connectivity index (χ4v) is 2.98. The van der Waals surface area contributed by atoms with Crippen LogP contribution >= 0.6 is 11.8 Å². The van der Waals surface area contributed by atoms with Crippen LogP contribution in [-0.4, -0.2) is 35.4 Å². The Morgan fingerprint density at radius 2 is 2.16 bits per heavy atom. The molecule has 0 fully saturated rings. The Hall–Kier alpha value is -1.00. The van der Waals surface area contributed by atoms with E-state index in [1.807, 2.05) is 17.2 Å². The third-order valence-electron chi connectivity index (χ3n) is 3.62. The second-order valence-corrected chi connectivity index (χ2v) is 6.01. The van der Waals surface area contributed by atoms with Crippen molar-refractivity contribution in [3.8, 4) is 0 Å². The van der Waals surface area contributed by atoms with Gasteiger partial charge in [0.2, 0.25) is 5.91 Å². The summed E-state index contributed by atoms with van der Waals surface area (Å²) in [6.45, 7) is 1.53. The van der Waals surface area contributed by atoms with E-state index in [1.165, 1.54) is 11.1 Å². The zero-order valence-electron chi connectivity index (χ0n) is 11.5. The van der Waals surface area contributed by atoms with Crippen LogP contribution in [0.5, 0.6) is 0 Å². The van der Waals surface area contributed by atoms with Crippen LogP contribution in [-0.2, 0) is 17.8 Å². The van der Waals surface area contributed by atoms with Crippen LogP contribution in [0, 0.1) is 0 Å². The van der Waals surface area contributed by atoms with Gasteiger partial charge in [0.15, 0.2) is 0 Å². The topological polar surface area (TPSA) is 46.3 Å². The number of hydrogen-bond donors (Lipinski definition) is 1. The molecule has 1 unspecified atom stereocenters. The predicted molar refractivity (Wildman–Crippen MR) is 81.2 cm³/mol. The number of hydrogen-bond acceptors (Lipinski definition) is 3. The molecule has 0 radical (unpaired) electrons. The molecule has 3 nitrogen and oxygen atoms in total. The molecule has 1 aliphatic heterocycles. The molecular formula is C15H22N2OS. The summed E-state index contributed by atoms with van der Waals surface area (Å²) in [5.41, 5.74) is 8.64. The van der Waals surface area contributed by atoms with E-state index in [4.69, 9.17) is 5.73 Å². The lowest BCUT2D eigenvalue weighted by molar-refractivity contribution is -0.133. The highest BCUT2D eigenvalue weighted by atomic mass is 32.2. The molecule has 0 spiro atoms. The summed E-state index contributed by atoms with van der Waals surface area (Å²) in [4.78, 5) is 14.3. The first-order valence-electron chi connectivity index (χ1n) is 6.82. The molecule has 1 amide bonds. The molecule has 1 aromatic rings. The van der Waals surface area contributed by atoms with Gasteiger partial charge in [0.1, 0.15) is 0 Å². The van der Waals surface area contributed by atoms with Crippen molar-refractivity contribution in [2.75, 3.05) is 18.6 Å². The number of nitrogens with zero attached hydrogens (tertiary/aromatic N) is 1. The van der Waals surface area contributed by atoms with Crippen molar-refractivity contribution in [2.24, 2.45) is 5.73 Å². The van der Waals surface area contributed by atoms with Crippen molar-refractivity contribution in [2.45, 2.75) is 31.8 Å². The number of carbonyl (C=O) groups excluding carboxylic acids is 1. The lowest BCUT2D eigenvalue weighted by Crippen LogP contribution is -2.43. The Kier molecular flexibility index (Phi) is 5.28. The maximum absolute atomic E-state index is 12.4. The predicted octanol–water partition coefficient (Wildman–Crippen LogP) is 2.04. The summed E-state index contributed by atoms with van der Waals surface area (Å²) >= 11 is 1.74. The molecule has 4 heteroatoms. The fraction of sp³-hybridized carbons (Fsp3) is 0.533. The average molecular weight is 278 g/mol. The molecule has 0 bridgehead atoms. The maximum Gasteiger partial charge on any atom is 0.239 e. The van der Waals surface area contributed by atoms with Gasteiger partial charge in [-0.05, 0) is 42.4 Å². The minimum atomic E-state index is -0.349. The molecule has 1 heterocycles. The molecule has 0 saturated carbocycles. The van der Waals surface area contributed by atoms with E-state index in [0.717, 1.165) is 31.6 Å². The monoisotopic (exact) mass is 278 g/mol. The highest BCUT2D eigenvalue weighted by Crippen LogP contribution is 2.19. The zero-order valence-corrected chi connectivity index (χ0v) is 12.3. The first-order chi connectivity index (χ1) is 9.22. The molecule has 0 aliphatic carbocycles. The highest BCUT2D eigenvalue weighted by molar-refractivity contribution is 7.98. The maximum atomic E-state index is 12.4. The molecule has 2 N–H and O–H groups in total. The van der Waals surface area contributed by atoms with E-state index in [-0.39, 0.29) is 11.9 Å². The van der Waals surface area contributed by atoms with Gasteiger partial charge >= 0.3 is 0 Å². The summed E-state index contributed by atoms with van der Waals surface area (Å²) in [6, 6.07) is 8.05. The Balaban J connectivity index is 2.03. The SMILES string of the molecule is CSCCC(N)C(=O)N1CCCc2ccccc2C1. The third kappa shape index (κ3) is 3.74. The average Bonchev–Trinajstić information content (AvgIpc) is 2.66. The van der Waals surface area contributed by atoms with Crippen LogP contribution in [0.3, 0.4) is 0 Å². The van der Waals surface area contributed by atoms with Gasteiger partial charge in [-0.3, -0.25) is 4.79 Å². The minimum absolute atomic E-state index is 0.103. The minimum Gasteiger partial charge on any atom is -0.337 e. The van der Waals surface area contributed by atoms with Crippen LogP contribution in [0.15, 0.2) is 24.3 Å². The molecule has 0 aromatic heterocycles. The molecule has 104 valence electrons. The number of amides is 1. The Morgan fingerprint density at radius 1 is 1.42 bits per heavy atom. The molecular weight excluding hydrogens is 256 g/mol. The van der Waals surface area contributed by atoms with Gasteiger partial charge in [0.05, 0.1) is 6.04 Å². The summed E-state index contributed by atoms with van der Waals surface area (Å²) in [5.74, 6) is 1.04. The smallest absolute Gasteiger partial charge is 0.239 e. The summed E-state index contributed by atoms with van der Waals surface area (Å²) in [6.07, 6.45) is 4.88. The Bertz CT molecular complexity index is 436. The van der Waals surface area contributed by atoms with E-state index in [9.17, 15) is 4.79 Å². The lowest BCUT2D eigenvalue weighted by atomic mass is 10.0. The van der Waals surface area contributed by atoms with Gasteiger partial charge in [-0.25, -0.2) is 0 Å². The molecule has 1 atom stereocenters. The number of aryl methyl sites for hydroxylation is 1. The summed E-state index contributed by atoms with van der Waals surface area (Å²) in [7, 11) is 0. The first kappa shape index (κ1) is 14.4. The second-order valence-electron chi connectivity index (χ2n) is 5.02. The largest absolute Gasteiger partial charge is 0.337 e. The number of fused-ring (bicyclic) bond motifs is 1. The van der Waals surface area contributed by atoms with Gasteiger partial charge in [0, 0.05) is 13.1 Å². The first-order valence-corrected chi connectivity index (χ1v) is 8.22. The standard InChI is InChI=1S/C15H22N2OS/c1-19-10-8-14(16)15(18)17-9-4-7-12-5-2-3-6-13(12)11-17/h2-3,5-6,14H,4,7-11,16H2,1H3. The summed E-state index contributed by atoms with van der Waals surface area (Å²) in [5, 5.41) is 0. The quantitative estimate of drug-likeness (QED) is 0.917. The molecule has 0 saturated heterocycles. The number of nitrogens with two attached hydrogens (primary N) is 1. The Labute approximate surface area is 119 Å². The van der Waals surface area contributed by atoms with Crippen molar-refractivity contribution in [3.05, 3.63) is 35.4 Å². The number of rotatable bonds is 4. The molecule has 19 heavy (non-hydrogen) atoms. The van der Waals surface area contributed by atoms with Crippen molar-refractivity contribution in [1.82, 2.24) is 4.90 Å². The van der Waals surface area contributed by atoms with Gasteiger partial charge in [-0.15, -0.1) is 0 Å². The van der Waals surface area contributed by atoms with E-state index >= 15 is 0 Å². The zero-order chi connectivity index (χ0) is 13.7. The van der Waals surface area contributed by atoms with Crippen molar-refractivity contribution < 1.29 is 4.79 Å². The van der Waals surface area contributed by atoms with Crippen LogP contribution in [0.4, 0.5) is 0 Å². The van der Waals surface area contributed by atoms with E-state index in [2.05, 4.69) is 18.2 Å². The van der Waals surface area contributed by atoms with Crippen LogP contribution < -0.4 is 5.73 Å². The van der Waals surface area contributed by atoms with E-state index < -0.39 is 0 Å². The van der Waals surface area contributed by atoms with Gasteiger partial charge < -0.3 is 10.6 Å². The van der Waals surface area contributed by atoms with Crippen LogP contribution in [0.1, 0.15) is 24.0 Å². The molecule has 1 aromatic carbocycles. The van der Waals surface area contributed by atoms with E-state index in [1.54, 1.807) is 11.8 Å². The summed E-state index contributed by atoms with van der Waals surface area (Å²) < 4.78 is 0. The van der Waals surface area contributed by atoms with Crippen molar-refractivity contribution in [1.29, 1.82) is 0 Å². The van der Waals surface area contributed by atoms with Gasteiger partial charge in [-0.2, -0.15) is 11.8 Å². The molecule has 2 rings (SSSR count). The number of carbonyl (C=O) groups is 1. The third-order valence-corrected chi connectivity index (χ3v) is 4.26. The van der Waals surface area contributed by atoms with Gasteiger partial charge in [-0.1, -0.05) is 24.3 Å². The molecule has 1 aliphatic rings. The number of benzene rings is 1. The second kappa shape index (κ2) is 6.96. The fourth-order valence-electron chi connectivity index (χ4n) is 2.49. The lowest BCUT2D eigenvalue weighted by Gasteiger charge is -2.24. The van der Waals surface area contributed by atoms with Crippen molar-refractivity contribution >= 4 is 17.7 Å². The van der Waals surface area contributed by atoms with Crippen molar-refractivity contribution in [3.63, 3.8) is 0 Å². The highest BCUT2D eigenvalue weighted by Gasteiger charge is 2.23. The van der Waals surface area contributed by atoms with Crippen LogP contribution in [0.25, 0.3) is 0 Å². The van der Waals surface area contributed by atoms with E-state index in [0.29, 0.717) is 6.54 Å². The van der Waals surface area contributed by atoms with Crippen LogP contribution in [0.2, 0.25) is 0 Å².